The molecular formula is C19H12N2O4. The number of nitrogens with one attached hydrogen (secondary N) is 1. The number of carbonyl (C=O) groups excluding carboxylic acids is 3. The number of phenolic OH excluding ortho intramolecular Hbond substituents is 1. The van der Waals surface area contributed by atoms with Gasteiger partial charge in [-0.2, -0.15) is 5.01 Å². The Balaban J connectivity index is 1.76. The van der Waals surface area contributed by atoms with Crippen molar-refractivity contribution < 1.29 is 19.5 Å². The van der Waals surface area contributed by atoms with Crippen LogP contribution >= 0.6 is 0 Å². The standard InChI is InChI=1S/C19H12N2O4/c22-15-10-2-1-7-12(15)17(23)20-21-18(24)13-8-3-5-11-6-4-9-14(16(11)13)19(21)25/h1-10,22H,(H,20,23). The van der Waals surface area contributed by atoms with Crippen molar-refractivity contribution in [3.05, 3.63) is 77.4 Å². The molecule has 0 fully saturated rings. The van der Waals surface area contributed by atoms with E-state index in [2.05, 4.69) is 5.43 Å². The van der Waals surface area contributed by atoms with Crippen molar-refractivity contribution in [3.8, 4) is 5.75 Å². The summed E-state index contributed by atoms with van der Waals surface area (Å²) < 4.78 is 0. The lowest BCUT2D eigenvalue weighted by Crippen LogP contribution is -2.51. The first kappa shape index (κ1) is 14.9. The highest BCUT2D eigenvalue weighted by molar-refractivity contribution is 6.25. The molecule has 0 radical (unpaired) electrons. The maximum atomic E-state index is 12.7. The lowest BCUT2D eigenvalue weighted by molar-refractivity contribution is 0.0478. The largest absolute Gasteiger partial charge is 0.507 e. The Kier molecular flexibility index (Phi) is 3.25. The Bertz CT molecular complexity index is 1010. The summed E-state index contributed by atoms with van der Waals surface area (Å²) in [5, 5.41) is 11.8. The number of imide groups is 1. The Morgan fingerprint density at radius 1 is 0.840 bits per heavy atom. The zero-order valence-corrected chi connectivity index (χ0v) is 12.9. The summed E-state index contributed by atoms with van der Waals surface area (Å²) in [6.07, 6.45) is 0. The Morgan fingerprint density at radius 3 is 2.04 bits per heavy atom. The third-order valence-corrected chi connectivity index (χ3v) is 4.13. The van der Waals surface area contributed by atoms with Gasteiger partial charge in [-0.3, -0.25) is 19.8 Å². The molecule has 6 heteroatoms. The summed E-state index contributed by atoms with van der Waals surface area (Å²) >= 11 is 0. The minimum atomic E-state index is -0.744. The summed E-state index contributed by atoms with van der Waals surface area (Å²) in [5.41, 5.74) is 2.94. The van der Waals surface area contributed by atoms with E-state index >= 15 is 0 Å². The van der Waals surface area contributed by atoms with Gasteiger partial charge in [-0.15, -0.1) is 0 Å². The molecule has 1 aliphatic heterocycles. The molecule has 0 aliphatic carbocycles. The molecule has 0 unspecified atom stereocenters. The molecule has 0 bridgehead atoms. The highest BCUT2D eigenvalue weighted by Crippen LogP contribution is 2.29. The summed E-state index contributed by atoms with van der Waals surface area (Å²) in [5.74, 6) is -2.21. The van der Waals surface area contributed by atoms with Crippen LogP contribution in [0.25, 0.3) is 10.8 Å². The number of amides is 3. The van der Waals surface area contributed by atoms with Gasteiger partial charge in [0.2, 0.25) is 0 Å². The second kappa shape index (κ2) is 5.45. The van der Waals surface area contributed by atoms with Crippen LogP contribution in [0.3, 0.4) is 0 Å². The van der Waals surface area contributed by atoms with Crippen LogP contribution in [0.15, 0.2) is 60.7 Å². The molecule has 2 N–H and O–H groups in total. The summed E-state index contributed by atoms with van der Waals surface area (Å²) in [4.78, 5) is 37.7. The van der Waals surface area contributed by atoms with Crippen LogP contribution in [0.2, 0.25) is 0 Å². The molecule has 0 aromatic heterocycles. The maximum absolute atomic E-state index is 12.7. The zero-order chi connectivity index (χ0) is 17.6. The van der Waals surface area contributed by atoms with Crippen molar-refractivity contribution in [2.45, 2.75) is 0 Å². The molecule has 1 heterocycles. The van der Waals surface area contributed by atoms with Crippen molar-refractivity contribution >= 4 is 28.5 Å². The molecule has 1 aliphatic rings. The van der Waals surface area contributed by atoms with Crippen molar-refractivity contribution in [3.63, 3.8) is 0 Å². The monoisotopic (exact) mass is 332 g/mol. The second-order valence-electron chi connectivity index (χ2n) is 5.61. The van der Waals surface area contributed by atoms with E-state index in [-0.39, 0.29) is 11.3 Å². The summed E-state index contributed by atoms with van der Waals surface area (Å²) in [6.45, 7) is 0. The van der Waals surface area contributed by atoms with Gasteiger partial charge in [-0.1, -0.05) is 36.4 Å². The van der Waals surface area contributed by atoms with E-state index in [0.717, 1.165) is 5.39 Å². The SMILES string of the molecule is O=C(NN1C(=O)c2cccc3cccc(c23)C1=O)c1ccccc1O. The Labute approximate surface area is 142 Å². The van der Waals surface area contributed by atoms with Crippen LogP contribution in [0.5, 0.6) is 5.75 Å². The number of benzene rings is 3. The van der Waals surface area contributed by atoms with E-state index in [9.17, 15) is 19.5 Å². The van der Waals surface area contributed by atoms with Gasteiger partial charge in [0.15, 0.2) is 0 Å². The van der Waals surface area contributed by atoms with E-state index in [1.807, 2.05) is 12.1 Å². The van der Waals surface area contributed by atoms with Gasteiger partial charge in [0.25, 0.3) is 17.7 Å². The van der Waals surface area contributed by atoms with Gasteiger partial charge < -0.3 is 5.11 Å². The number of phenols is 1. The number of aromatic hydroxyl groups is 1. The first-order valence-electron chi connectivity index (χ1n) is 7.57. The fourth-order valence-electron chi connectivity index (χ4n) is 2.96. The number of hydrazine groups is 1. The number of carbonyl (C=O) groups is 3. The van der Waals surface area contributed by atoms with E-state index in [0.29, 0.717) is 21.5 Å². The van der Waals surface area contributed by atoms with Gasteiger partial charge >= 0.3 is 0 Å². The number of nitrogens with zero attached hydrogens (tertiary/aromatic N) is 1. The number of hydrogen-bond acceptors (Lipinski definition) is 4. The van der Waals surface area contributed by atoms with Gasteiger partial charge in [-0.25, -0.2) is 0 Å². The highest BCUT2D eigenvalue weighted by Gasteiger charge is 2.34. The van der Waals surface area contributed by atoms with Crippen molar-refractivity contribution in [2.75, 3.05) is 0 Å². The average molecular weight is 332 g/mol. The van der Waals surface area contributed by atoms with Gasteiger partial charge in [-0.05, 0) is 29.7 Å². The minimum absolute atomic E-state index is 0.0276. The van der Waals surface area contributed by atoms with Crippen molar-refractivity contribution in [2.24, 2.45) is 0 Å². The fourth-order valence-corrected chi connectivity index (χ4v) is 2.96. The lowest BCUT2D eigenvalue weighted by Gasteiger charge is -2.27. The molecule has 6 nitrogen and oxygen atoms in total. The molecule has 3 amide bonds. The molecule has 4 rings (SSSR count). The first-order chi connectivity index (χ1) is 12.1. The highest BCUT2D eigenvalue weighted by atomic mass is 16.3. The molecule has 3 aromatic carbocycles. The first-order valence-corrected chi connectivity index (χ1v) is 7.57. The van der Waals surface area contributed by atoms with Crippen molar-refractivity contribution in [1.82, 2.24) is 10.4 Å². The van der Waals surface area contributed by atoms with E-state index in [1.165, 1.54) is 12.1 Å². The Morgan fingerprint density at radius 2 is 1.44 bits per heavy atom. The molecule has 3 aromatic rings. The van der Waals surface area contributed by atoms with Gasteiger partial charge in [0.05, 0.1) is 16.7 Å². The molecule has 122 valence electrons. The van der Waals surface area contributed by atoms with E-state index < -0.39 is 17.7 Å². The van der Waals surface area contributed by atoms with Gasteiger partial charge in [0, 0.05) is 5.39 Å². The molecule has 0 spiro atoms. The fraction of sp³-hybridized carbons (Fsp3) is 0. The lowest BCUT2D eigenvalue weighted by atomic mass is 9.95. The summed E-state index contributed by atoms with van der Waals surface area (Å²) in [7, 11) is 0. The number of rotatable bonds is 2. The Hall–Kier alpha value is -3.67. The second-order valence-corrected chi connectivity index (χ2v) is 5.61. The zero-order valence-electron chi connectivity index (χ0n) is 12.9. The average Bonchev–Trinajstić information content (AvgIpc) is 2.63. The molecular weight excluding hydrogens is 320 g/mol. The van der Waals surface area contributed by atoms with Crippen molar-refractivity contribution in [1.29, 1.82) is 0 Å². The number of para-hydroxylation sites is 1. The molecule has 0 saturated heterocycles. The molecule has 25 heavy (non-hydrogen) atoms. The smallest absolute Gasteiger partial charge is 0.280 e. The molecule has 0 atom stereocenters. The topological polar surface area (TPSA) is 86.7 Å². The van der Waals surface area contributed by atoms with E-state index in [4.69, 9.17) is 0 Å². The van der Waals surface area contributed by atoms with Gasteiger partial charge in [0.1, 0.15) is 5.75 Å². The predicted octanol–water partition coefficient (Wildman–Crippen LogP) is 2.49. The molecule has 0 saturated carbocycles. The van der Waals surface area contributed by atoms with E-state index in [1.54, 1.807) is 36.4 Å². The third-order valence-electron chi connectivity index (χ3n) is 4.13. The predicted molar refractivity (Wildman–Crippen MR) is 90.0 cm³/mol. The van der Waals surface area contributed by atoms with Crippen LogP contribution in [0.4, 0.5) is 0 Å². The maximum Gasteiger partial charge on any atom is 0.280 e. The summed E-state index contributed by atoms with van der Waals surface area (Å²) in [6, 6.07) is 16.2. The quantitative estimate of drug-likeness (QED) is 0.706. The van der Waals surface area contributed by atoms with Crippen LogP contribution in [0, 0.1) is 0 Å². The number of hydrogen-bond donors (Lipinski definition) is 2. The van der Waals surface area contributed by atoms with Crippen LogP contribution < -0.4 is 5.43 Å². The third kappa shape index (κ3) is 2.23. The normalized spacial score (nSPS) is 13.2. The van der Waals surface area contributed by atoms with Crippen LogP contribution in [0.1, 0.15) is 31.1 Å². The van der Waals surface area contributed by atoms with Crippen LogP contribution in [-0.4, -0.2) is 27.8 Å². The van der Waals surface area contributed by atoms with Crippen LogP contribution in [-0.2, 0) is 0 Å². The minimum Gasteiger partial charge on any atom is -0.507 e.